The smallest absolute Gasteiger partial charge is 0.326 e. The Morgan fingerprint density at radius 2 is 1.84 bits per heavy atom. The fraction of sp³-hybridized carbons (Fsp3) is 0.750. The minimum atomic E-state index is -1.12. The first kappa shape index (κ1) is 15.4. The number of amides is 1. The molecule has 4 N–H and O–H groups in total. The van der Waals surface area contributed by atoms with E-state index in [1.54, 1.807) is 0 Å². The summed E-state index contributed by atoms with van der Waals surface area (Å²) in [6.07, 6.45) is 1.69. The fourth-order valence-electron chi connectivity index (χ4n) is 2.09. The Hall–Kier alpha value is -1.63. The maximum atomic E-state index is 11.9. The highest BCUT2D eigenvalue weighted by Crippen LogP contribution is 2.12. The van der Waals surface area contributed by atoms with Crippen LogP contribution in [0.2, 0.25) is 0 Å². The zero-order chi connectivity index (χ0) is 14.3. The van der Waals surface area contributed by atoms with Crippen LogP contribution in [0.4, 0.5) is 0 Å². The molecule has 7 nitrogen and oxygen atoms in total. The zero-order valence-electron chi connectivity index (χ0n) is 10.7. The number of carboxylic acids is 2. The Morgan fingerprint density at radius 3 is 2.37 bits per heavy atom. The first-order valence-electron chi connectivity index (χ1n) is 6.46. The molecular weight excluding hydrogens is 252 g/mol. The van der Waals surface area contributed by atoms with Gasteiger partial charge < -0.3 is 20.8 Å². The summed E-state index contributed by atoms with van der Waals surface area (Å²) in [5.74, 6) is -2.48. The maximum Gasteiger partial charge on any atom is 0.326 e. The summed E-state index contributed by atoms with van der Waals surface area (Å²) in [6, 6.07) is -0.998. The summed E-state index contributed by atoms with van der Waals surface area (Å²) >= 11 is 0. The Kier molecular flexibility index (Phi) is 6.27. The average Bonchev–Trinajstić information content (AvgIpc) is 2.37. The summed E-state index contributed by atoms with van der Waals surface area (Å²) < 4.78 is 0. The predicted molar refractivity (Wildman–Crippen MR) is 66.6 cm³/mol. The van der Waals surface area contributed by atoms with Gasteiger partial charge in [-0.05, 0) is 38.8 Å². The molecule has 1 rings (SSSR count). The minimum absolute atomic E-state index is 0.0903. The molecule has 0 aromatic rings. The van der Waals surface area contributed by atoms with Gasteiger partial charge in [-0.25, -0.2) is 4.79 Å². The van der Waals surface area contributed by atoms with E-state index in [1.165, 1.54) is 0 Å². The van der Waals surface area contributed by atoms with Crippen molar-refractivity contribution in [3.05, 3.63) is 0 Å². The molecule has 0 aromatic carbocycles. The van der Waals surface area contributed by atoms with Crippen LogP contribution in [-0.4, -0.2) is 47.2 Å². The normalized spacial score (nSPS) is 17.7. The number of aliphatic carboxylic acids is 2. The summed E-state index contributed by atoms with van der Waals surface area (Å²) in [5.41, 5.74) is 0. The van der Waals surface area contributed by atoms with E-state index in [-0.39, 0.29) is 31.1 Å². The Bertz CT molecular complexity index is 339. The topological polar surface area (TPSA) is 116 Å². The minimum Gasteiger partial charge on any atom is -0.481 e. The number of hydrogen-bond acceptors (Lipinski definition) is 4. The monoisotopic (exact) mass is 272 g/mol. The van der Waals surface area contributed by atoms with Gasteiger partial charge in [0.1, 0.15) is 6.04 Å². The van der Waals surface area contributed by atoms with Crippen LogP contribution >= 0.6 is 0 Å². The summed E-state index contributed by atoms with van der Waals surface area (Å²) in [5, 5.41) is 23.2. The molecule has 0 unspecified atom stereocenters. The lowest BCUT2D eigenvalue weighted by atomic mass is 9.96. The molecule has 1 heterocycles. The van der Waals surface area contributed by atoms with E-state index in [4.69, 9.17) is 10.2 Å². The number of carbonyl (C=O) groups is 3. The molecule has 0 aromatic heterocycles. The summed E-state index contributed by atoms with van der Waals surface area (Å²) in [4.78, 5) is 33.3. The van der Waals surface area contributed by atoms with Crippen molar-refractivity contribution in [1.82, 2.24) is 10.6 Å². The van der Waals surface area contributed by atoms with Gasteiger partial charge in [-0.15, -0.1) is 0 Å². The molecule has 0 bridgehead atoms. The molecular formula is C12H20N2O5. The second-order valence-corrected chi connectivity index (χ2v) is 4.71. The van der Waals surface area contributed by atoms with Gasteiger partial charge in [0, 0.05) is 12.3 Å². The third kappa shape index (κ3) is 5.69. The van der Waals surface area contributed by atoms with Crippen LogP contribution in [0.5, 0.6) is 0 Å². The van der Waals surface area contributed by atoms with Gasteiger partial charge in [0.15, 0.2) is 0 Å². The number of rotatable bonds is 7. The van der Waals surface area contributed by atoms with Crippen LogP contribution in [0.1, 0.15) is 32.1 Å². The summed E-state index contributed by atoms with van der Waals surface area (Å²) in [7, 11) is 0. The van der Waals surface area contributed by atoms with Crippen molar-refractivity contribution in [1.29, 1.82) is 0 Å². The van der Waals surface area contributed by atoms with Crippen molar-refractivity contribution in [3.63, 3.8) is 0 Å². The Balaban J connectivity index is 2.41. The Morgan fingerprint density at radius 1 is 1.21 bits per heavy atom. The third-order valence-corrected chi connectivity index (χ3v) is 3.21. The fourth-order valence-corrected chi connectivity index (χ4v) is 2.09. The lowest BCUT2D eigenvalue weighted by Gasteiger charge is -2.23. The summed E-state index contributed by atoms with van der Waals surface area (Å²) in [6.45, 7) is 1.52. The van der Waals surface area contributed by atoms with Crippen LogP contribution in [0.3, 0.4) is 0 Å². The molecule has 7 heteroatoms. The van der Waals surface area contributed by atoms with E-state index in [9.17, 15) is 14.4 Å². The quantitative estimate of drug-likeness (QED) is 0.510. The highest BCUT2D eigenvalue weighted by Gasteiger charge is 2.26. The van der Waals surface area contributed by atoms with Gasteiger partial charge in [0.05, 0.1) is 0 Å². The van der Waals surface area contributed by atoms with E-state index in [0.29, 0.717) is 12.8 Å². The SMILES string of the molecule is O=C(O)CCC[C@@H](NC(=O)C1CCNCC1)C(=O)O. The van der Waals surface area contributed by atoms with Crippen LogP contribution in [0, 0.1) is 5.92 Å². The number of hydrogen-bond donors (Lipinski definition) is 4. The van der Waals surface area contributed by atoms with Crippen LogP contribution < -0.4 is 10.6 Å². The van der Waals surface area contributed by atoms with Gasteiger partial charge >= 0.3 is 11.9 Å². The standard InChI is InChI=1S/C12H20N2O5/c15-10(16)3-1-2-9(12(18)19)14-11(17)8-4-6-13-7-5-8/h8-9,13H,1-7H2,(H,14,17)(H,15,16)(H,18,19)/t9-/m1/s1. The number of nitrogens with one attached hydrogen (secondary N) is 2. The lowest BCUT2D eigenvalue weighted by Crippen LogP contribution is -2.46. The first-order valence-corrected chi connectivity index (χ1v) is 6.46. The molecule has 0 saturated carbocycles. The average molecular weight is 272 g/mol. The van der Waals surface area contributed by atoms with Gasteiger partial charge in [0.2, 0.25) is 5.91 Å². The predicted octanol–water partition coefficient (Wildman–Crippen LogP) is -0.190. The highest BCUT2D eigenvalue weighted by atomic mass is 16.4. The molecule has 19 heavy (non-hydrogen) atoms. The van der Waals surface area contributed by atoms with E-state index >= 15 is 0 Å². The molecule has 1 fully saturated rings. The lowest BCUT2D eigenvalue weighted by molar-refractivity contribution is -0.143. The van der Waals surface area contributed by atoms with E-state index in [0.717, 1.165) is 13.1 Å². The highest BCUT2D eigenvalue weighted by molar-refractivity contribution is 5.85. The number of carbonyl (C=O) groups excluding carboxylic acids is 1. The van der Waals surface area contributed by atoms with Gasteiger partial charge in [0.25, 0.3) is 0 Å². The van der Waals surface area contributed by atoms with Crippen molar-refractivity contribution >= 4 is 17.8 Å². The van der Waals surface area contributed by atoms with Crippen molar-refractivity contribution in [2.45, 2.75) is 38.1 Å². The van der Waals surface area contributed by atoms with Gasteiger partial charge in [-0.1, -0.05) is 0 Å². The van der Waals surface area contributed by atoms with Crippen LogP contribution in [0.25, 0.3) is 0 Å². The van der Waals surface area contributed by atoms with E-state index in [2.05, 4.69) is 10.6 Å². The van der Waals surface area contributed by atoms with Crippen molar-refractivity contribution in [2.75, 3.05) is 13.1 Å². The molecule has 1 atom stereocenters. The molecule has 1 aliphatic rings. The second-order valence-electron chi connectivity index (χ2n) is 4.71. The van der Waals surface area contributed by atoms with Crippen molar-refractivity contribution < 1.29 is 24.6 Å². The molecule has 0 spiro atoms. The largest absolute Gasteiger partial charge is 0.481 e. The number of carboxylic acid groups (broad SMARTS) is 2. The van der Waals surface area contributed by atoms with Crippen molar-refractivity contribution in [3.8, 4) is 0 Å². The molecule has 0 radical (unpaired) electrons. The second kappa shape index (κ2) is 7.73. The zero-order valence-corrected chi connectivity index (χ0v) is 10.7. The molecule has 1 aliphatic heterocycles. The van der Waals surface area contributed by atoms with Crippen LogP contribution in [0.15, 0.2) is 0 Å². The molecule has 1 saturated heterocycles. The Labute approximate surface area is 111 Å². The van der Waals surface area contributed by atoms with Gasteiger partial charge in [-0.2, -0.15) is 0 Å². The number of piperidine rings is 1. The molecule has 1 amide bonds. The molecule has 108 valence electrons. The molecule has 0 aliphatic carbocycles. The van der Waals surface area contributed by atoms with Crippen molar-refractivity contribution in [2.24, 2.45) is 5.92 Å². The third-order valence-electron chi connectivity index (χ3n) is 3.21. The van der Waals surface area contributed by atoms with Crippen LogP contribution in [-0.2, 0) is 14.4 Å². The first-order chi connectivity index (χ1) is 9.00. The van der Waals surface area contributed by atoms with Gasteiger partial charge in [-0.3, -0.25) is 9.59 Å². The van der Waals surface area contributed by atoms with E-state index < -0.39 is 18.0 Å². The maximum absolute atomic E-state index is 11.9. The van der Waals surface area contributed by atoms with E-state index in [1.807, 2.05) is 0 Å².